The van der Waals surface area contributed by atoms with Gasteiger partial charge in [-0.15, -0.1) is 0 Å². The number of carbonyl (C=O) groups is 1. The lowest BCUT2D eigenvalue weighted by Crippen LogP contribution is -2.54. The lowest BCUT2D eigenvalue weighted by atomic mass is 10.1. The monoisotopic (exact) mass is 512 g/mol. The van der Waals surface area contributed by atoms with Crippen LogP contribution in [0.4, 0.5) is 25.1 Å². The van der Waals surface area contributed by atoms with Crippen LogP contribution in [0, 0.1) is 18.6 Å². The maximum atomic E-state index is 14.5. The quantitative estimate of drug-likeness (QED) is 0.489. The zero-order valence-corrected chi connectivity index (χ0v) is 22.1. The van der Waals surface area contributed by atoms with Crippen LogP contribution >= 0.6 is 0 Å². The number of aromatic nitrogens is 3. The van der Waals surface area contributed by atoms with Gasteiger partial charge < -0.3 is 19.4 Å². The molecule has 10 heteroatoms. The summed E-state index contributed by atoms with van der Waals surface area (Å²) in [5.41, 5.74) is 1.36. The molecule has 0 spiro atoms. The van der Waals surface area contributed by atoms with Gasteiger partial charge in [0.05, 0.1) is 16.8 Å². The van der Waals surface area contributed by atoms with Crippen LogP contribution in [0.15, 0.2) is 24.7 Å². The summed E-state index contributed by atoms with van der Waals surface area (Å²) in [4.78, 5) is 28.1. The van der Waals surface area contributed by atoms with Gasteiger partial charge in [0.2, 0.25) is 0 Å². The van der Waals surface area contributed by atoms with E-state index < -0.39 is 17.2 Å². The van der Waals surface area contributed by atoms with Crippen LogP contribution in [0.5, 0.6) is 0 Å². The van der Waals surface area contributed by atoms with Crippen molar-refractivity contribution in [2.75, 3.05) is 42.5 Å². The second kappa shape index (κ2) is 9.46. The Morgan fingerprint density at radius 2 is 1.73 bits per heavy atom. The molecule has 3 aromatic rings. The molecule has 4 heterocycles. The van der Waals surface area contributed by atoms with E-state index in [1.807, 2.05) is 27.0 Å². The van der Waals surface area contributed by atoms with Gasteiger partial charge >= 0.3 is 6.09 Å². The topological polar surface area (TPSA) is 66.7 Å². The van der Waals surface area contributed by atoms with Crippen molar-refractivity contribution in [2.45, 2.75) is 59.1 Å². The zero-order valence-electron chi connectivity index (χ0n) is 22.1. The lowest BCUT2D eigenvalue weighted by Gasteiger charge is -2.41. The highest BCUT2D eigenvalue weighted by atomic mass is 19.1. The molecule has 0 aliphatic carbocycles. The predicted octanol–water partition coefficient (Wildman–Crippen LogP) is 5.05. The van der Waals surface area contributed by atoms with Crippen molar-refractivity contribution < 1.29 is 18.3 Å². The highest BCUT2D eigenvalue weighted by molar-refractivity contribution is 6.01. The van der Waals surface area contributed by atoms with E-state index in [0.29, 0.717) is 31.0 Å². The summed E-state index contributed by atoms with van der Waals surface area (Å²) in [7, 11) is 0. The molecule has 1 unspecified atom stereocenters. The zero-order chi connectivity index (χ0) is 26.5. The molecule has 8 nitrogen and oxygen atoms in total. The molecular weight excluding hydrogens is 478 g/mol. The largest absolute Gasteiger partial charge is 0.444 e. The number of rotatable bonds is 3. The molecule has 2 fully saturated rings. The Bertz CT molecular complexity index is 1310. The van der Waals surface area contributed by atoms with Crippen molar-refractivity contribution in [3.8, 4) is 5.69 Å². The SMILES string of the molecule is Cc1c(F)cc(-n2cc(N3CCCC3)c3c(N4CCN(C(=O)OC(C)(C)C)CC4C)ncnc32)cc1F. The Balaban J connectivity index is 1.56. The van der Waals surface area contributed by atoms with Gasteiger partial charge in [-0.3, -0.25) is 4.57 Å². The predicted molar refractivity (Wildman–Crippen MR) is 140 cm³/mol. The molecule has 0 radical (unpaired) electrons. The number of hydrogen-bond donors (Lipinski definition) is 0. The summed E-state index contributed by atoms with van der Waals surface area (Å²) < 4.78 is 36.4. The minimum atomic E-state index is -0.597. The molecule has 1 aromatic carbocycles. The number of fused-ring (bicyclic) bond motifs is 1. The lowest BCUT2D eigenvalue weighted by molar-refractivity contribution is 0.0218. The second-order valence-electron chi connectivity index (χ2n) is 11.0. The fraction of sp³-hybridized carbons (Fsp3) is 0.519. The Morgan fingerprint density at radius 1 is 1.05 bits per heavy atom. The molecule has 1 atom stereocenters. The van der Waals surface area contributed by atoms with Gasteiger partial charge in [-0.1, -0.05) is 0 Å². The molecule has 0 saturated carbocycles. The van der Waals surface area contributed by atoms with Crippen molar-refractivity contribution >= 4 is 28.6 Å². The van der Waals surface area contributed by atoms with Crippen LogP contribution in [0.2, 0.25) is 0 Å². The van der Waals surface area contributed by atoms with Crippen molar-refractivity contribution in [1.82, 2.24) is 19.4 Å². The highest BCUT2D eigenvalue weighted by Crippen LogP contribution is 2.39. The highest BCUT2D eigenvalue weighted by Gasteiger charge is 2.33. The van der Waals surface area contributed by atoms with Gasteiger partial charge in [0.25, 0.3) is 0 Å². The molecule has 2 aliphatic rings. The molecule has 2 aromatic heterocycles. The summed E-state index contributed by atoms with van der Waals surface area (Å²) in [6, 6.07) is 2.66. The van der Waals surface area contributed by atoms with E-state index in [9.17, 15) is 13.6 Å². The van der Waals surface area contributed by atoms with Crippen molar-refractivity contribution in [3.05, 3.63) is 41.9 Å². The Labute approximate surface area is 215 Å². The molecule has 0 bridgehead atoms. The van der Waals surface area contributed by atoms with E-state index in [4.69, 9.17) is 9.72 Å². The third-order valence-electron chi connectivity index (χ3n) is 7.08. The normalized spacial score (nSPS) is 18.7. The van der Waals surface area contributed by atoms with Crippen molar-refractivity contribution in [1.29, 1.82) is 0 Å². The van der Waals surface area contributed by atoms with Crippen LogP contribution in [-0.2, 0) is 4.74 Å². The Morgan fingerprint density at radius 3 is 2.35 bits per heavy atom. The second-order valence-corrected chi connectivity index (χ2v) is 11.0. The van der Waals surface area contributed by atoms with Crippen LogP contribution in [0.1, 0.15) is 46.1 Å². The molecule has 5 rings (SSSR count). The number of hydrogen-bond acceptors (Lipinski definition) is 6. The summed E-state index contributed by atoms with van der Waals surface area (Å²) >= 11 is 0. The van der Waals surface area contributed by atoms with E-state index in [0.717, 1.165) is 42.8 Å². The number of halogens is 2. The summed E-state index contributed by atoms with van der Waals surface area (Å²) in [5.74, 6) is -0.434. The maximum absolute atomic E-state index is 14.5. The Hall–Kier alpha value is -3.43. The number of benzene rings is 1. The molecule has 2 aliphatic heterocycles. The first-order valence-electron chi connectivity index (χ1n) is 12.8. The fourth-order valence-corrected chi connectivity index (χ4v) is 5.18. The Kier molecular flexibility index (Phi) is 6.45. The smallest absolute Gasteiger partial charge is 0.410 e. The van der Waals surface area contributed by atoms with Crippen LogP contribution < -0.4 is 9.80 Å². The molecular formula is C27H34F2N6O2. The molecule has 37 heavy (non-hydrogen) atoms. The van der Waals surface area contributed by atoms with Crippen LogP contribution in [0.25, 0.3) is 16.7 Å². The third-order valence-corrected chi connectivity index (χ3v) is 7.08. The van der Waals surface area contributed by atoms with Gasteiger partial charge in [-0.2, -0.15) is 0 Å². The standard InChI is InChI=1S/C27H34F2N6O2/c1-17-14-33(26(36)37-27(3,4)5)10-11-34(17)24-23-22(32-8-6-7-9-32)15-35(25(23)31-16-30-24)19-12-20(28)18(2)21(29)13-19/h12-13,15-17H,6-11,14H2,1-5H3. The average Bonchev–Trinajstić information content (AvgIpc) is 3.49. The van der Waals surface area contributed by atoms with E-state index >= 15 is 0 Å². The molecule has 198 valence electrons. The number of carbonyl (C=O) groups excluding carboxylic acids is 1. The number of nitrogens with zero attached hydrogens (tertiary/aromatic N) is 6. The van der Waals surface area contributed by atoms with Gasteiger partial charge in [0, 0.05) is 50.5 Å². The summed E-state index contributed by atoms with van der Waals surface area (Å²) in [6.07, 6.45) is 5.25. The van der Waals surface area contributed by atoms with Crippen molar-refractivity contribution in [3.63, 3.8) is 0 Å². The summed E-state index contributed by atoms with van der Waals surface area (Å²) in [5, 5.41) is 0.850. The first-order chi connectivity index (χ1) is 17.5. The van der Waals surface area contributed by atoms with Gasteiger partial charge in [-0.05, 0) is 59.6 Å². The van der Waals surface area contributed by atoms with Crippen LogP contribution in [-0.4, -0.2) is 69.9 Å². The minimum absolute atomic E-state index is 0.00743. The number of ether oxygens (including phenoxy) is 1. The first kappa shape index (κ1) is 25.2. The first-order valence-corrected chi connectivity index (χ1v) is 12.8. The van der Waals surface area contributed by atoms with Crippen molar-refractivity contribution in [2.24, 2.45) is 0 Å². The van der Waals surface area contributed by atoms with E-state index in [1.165, 1.54) is 25.4 Å². The molecule has 2 saturated heterocycles. The summed E-state index contributed by atoms with van der Waals surface area (Å²) in [6.45, 7) is 12.4. The van der Waals surface area contributed by atoms with E-state index in [-0.39, 0.29) is 17.7 Å². The minimum Gasteiger partial charge on any atom is -0.444 e. The fourth-order valence-electron chi connectivity index (χ4n) is 5.18. The number of anilines is 2. The van der Waals surface area contributed by atoms with Gasteiger partial charge in [-0.25, -0.2) is 23.5 Å². The molecule has 0 N–H and O–H groups in total. The van der Waals surface area contributed by atoms with Gasteiger partial charge in [0.1, 0.15) is 29.4 Å². The number of piperazine rings is 1. The molecule has 1 amide bonds. The number of amides is 1. The van der Waals surface area contributed by atoms with Gasteiger partial charge in [0.15, 0.2) is 5.65 Å². The van der Waals surface area contributed by atoms with Crippen LogP contribution in [0.3, 0.4) is 0 Å². The average molecular weight is 513 g/mol. The third kappa shape index (κ3) is 4.81. The van der Waals surface area contributed by atoms with E-state index in [1.54, 1.807) is 9.47 Å². The maximum Gasteiger partial charge on any atom is 0.410 e. The van der Waals surface area contributed by atoms with E-state index in [2.05, 4.69) is 21.7 Å².